The highest BCUT2D eigenvalue weighted by molar-refractivity contribution is 7.98. The summed E-state index contributed by atoms with van der Waals surface area (Å²) in [4.78, 5) is 12.5. The lowest BCUT2D eigenvalue weighted by molar-refractivity contribution is -0.139. The number of β-amino-alcohol motifs (C(OH)–C–C–N with tert-alkyl or cyclic N) is 1. The monoisotopic (exact) mass is 505 g/mol. The van der Waals surface area contributed by atoms with Crippen LogP contribution < -0.4 is 10.1 Å². The van der Waals surface area contributed by atoms with Crippen molar-refractivity contribution < 1.29 is 24.5 Å². The number of aliphatic hydroxyl groups is 1. The molecule has 0 aromatic heterocycles. The van der Waals surface area contributed by atoms with Gasteiger partial charge in [0, 0.05) is 28.5 Å². The standard InChI is InChI=1S/C26H32ClNO5S/c1-14(17-6-5-7-19-21(17)22-23(25(30)31)24(22)33-19)32-13-16(29)12-28-26(2,3)11-15-8-9-20(34-4)18(27)10-15/h5-10,14,16,22-24,28-29H,11-13H2,1-4H3,(H,30,31)/t14-,16?,22+,23+,24+/m1/s1. The van der Waals surface area contributed by atoms with Crippen LogP contribution in [0, 0.1) is 5.92 Å². The lowest BCUT2D eigenvalue weighted by Crippen LogP contribution is -2.46. The molecule has 3 N–H and O–H groups in total. The van der Waals surface area contributed by atoms with Crippen LogP contribution in [0.4, 0.5) is 0 Å². The number of carboxylic acids is 1. The molecule has 5 atom stereocenters. The molecule has 2 aliphatic rings. The highest BCUT2D eigenvalue weighted by Gasteiger charge is 2.63. The van der Waals surface area contributed by atoms with Crippen molar-refractivity contribution >= 4 is 29.3 Å². The lowest BCUT2D eigenvalue weighted by Gasteiger charge is -2.28. The molecule has 6 nitrogen and oxygen atoms in total. The Morgan fingerprint density at radius 2 is 2.09 bits per heavy atom. The first-order chi connectivity index (χ1) is 16.1. The number of aliphatic carboxylic acids is 1. The van der Waals surface area contributed by atoms with Gasteiger partial charge in [-0.05, 0) is 62.8 Å². The van der Waals surface area contributed by atoms with Gasteiger partial charge in [-0.2, -0.15) is 0 Å². The molecule has 8 heteroatoms. The number of carboxylic acid groups (broad SMARTS) is 1. The number of hydrogen-bond donors (Lipinski definition) is 3. The molecule has 1 unspecified atom stereocenters. The molecule has 0 saturated heterocycles. The maximum absolute atomic E-state index is 11.4. The molecule has 1 heterocycles. The van der Waals surface area contributed by atoms with E-state index >= 15 is 0 Å². The summed E-state index contributed by atoms with van der Waals surface area (Å²) >= 11 is 7.97. The minimum absolute atomic E-state index is 0.111. The van der Waals surface area contributed by atoms with E-state index in [2.05, 4.69) is 25.2 Å². The fourth-order valence-corrected chi connectivity index (χ4v) is 5.67. The van der Waals surface area contributed by atoms with E-state index < -0.39 is 18.0 Å². The second-order valence-corrected chi connectivity index (χ2v) is 11.0. The zero-order valence-corrected chi connectivity index (χ0v) is 21.4. The van der Waals surface area contributed by atoms with Gasteiger partial charge in [-0.1, -0.05) is 29.8 Å². The van der Waals surface area contributed by atoms with Gasteiger partial charge in [-0.3, -0.25) is 4.79 Å². The van der Waals surface area contributed by atoms with E-state index in [9.17, 15) is 15.0 Å². The average molecular weight is 506 g/mol. The summed E-state index contributed by atoms with van der Waals surface area (Å²) in [6.45, 7) is 6.67. The quantitative estimate of drug-likeness (QED) is 0.382. The second kappa shape index (κ2) is 10.1. The van der Waals surface area contributed by atoms with Gasteiger partial charge in [0.05, 0.1) is 23.8 Å². The molecule has 0 spiro atoms. The third kappa shape index (κ3) is 5.39. The summed E-state index contributed by atoms with van der Waals surface area (Å²) in [7, 11) is 0. The molecule has 1 saturated carbocycles. The van der Waals surface area contributed by atoms with Crippen molar-refractivity contribution in [1.29, 1.82) is 0 Å². The number of halogens is 1. The zero-order chi connectivity index (χ0) is 24.6. The maximum Gasteiger partial charge on any atom is 0.311 e. The average Bonchev–Trinajstić information content (AvgIpc) is 3.37. The lowest BCUT2D eigenvalue weighted by atomic mass is 9.94. The Labute approximate surface area is 210 Å². The molecule has 1 aliphatic carbocycles. The van der Waals surface area contributed by atoms with Crippen LogP contribution >= 0.6 is 23.4 Å². The van der Waals surface area contributed by atoms with Crippen LogP contribution in [-0.2, 0) is 16.0 Å². The van der Waals surface area contributed by atoms with Gasteiger partial charge in [0.15, 0.2) is 0 Å². The van der Waals surface area contributed by atoms with E-state index in [1.54, 1.807) is 11.8 Å². The minimum Gasteiger partial charge on any atom is -0.489 e. The van der Waals surface area contributed by atoms with Crippen LogP contribution in [0.2, 0.25) is 5.02 Å². The summed E-state index contributed by atoms with van der Waals surface area (Å²) in [6.07, 6.45) is 1.54. The molecular formula is C26H32ClNO5S. The highest BCUT2D eigenvalue weighted by atomic mass is 35.5. The largest absolute Gasteiger partial charge is 0.489 e. The van der Waals surface area contributed by atoms with Crippen molar-refractivity contribution in [2.75, 3.05) is 19.4 Å². The van der Waals surface area contributed by atoms with Gasteiger partial charge in [0.2, 0.25) is 0 Å². The third-order valence-electron chi connectivity index (χ3n) is 6.59. The Bertz CT molecular complexity index is 1060. The number of aliphatic hydroxyl groups excluding tert-OH is 1. The van der Waals surface area contributed by atoms with Crippen molar-refractivity contribution in [1.82, 2.24) is 5.32 Å². The maximum atomic E-state index is 11.4. The van der Waals surface area contributed by atoms with Crippen LogP contribution in [0.25, 0.3) is 0 Å². The van der Waals surface area contributed by atoms with Gasteiger partial charge in [0.1, 0.15) is 17.8 Å². The number of fused-ring (bicyclic) bond motifs is 3. The molecular weight excluding hydrogens is 474 g/mol. The smallest absolute Gasteiger partial charge is 0.311 e. The highest BCUT2D eigenvalue weighted by Crippen LogP contribution is 2.60. The first-order valence-corrected chi connectivity index (χ1v) is 13.1. The molecule has 1 fully saturated rings. The zero-order valence-electron chi connectivity index (χ0n) is 19.9. The van der Waals surface area contributed by atoms with Crippen LogP contribution in [0.1, 0.15) is 49.5 Å². The topological polar surface area (TPSA) is 88.0 Å². The number of thioether (sulfide) groups is 1. The third-order valence-corrected chi connectivity index (χ3v) is 7.81. The van der Waals surface area contributed by atoms with E-state index in [4.69, 9.17) is 21.1 Å². The van der Waals surface area contributed by atoms with Crippen LogP contribution in [-0.4, -0.2) is 53.3 Å². The van der Waals surface area contributed by atoms with Gasteiger partial charge in [-0.25, -0.2) is 0 Å². The van der Waals surface area contributed by atoms with Crippen LogP contribution in [0.3, 0.4) is 0 Å². The number of rotatable bonds is 11. The van der Waals surface area contributed by atoms with E-state index in [1.165, 1.54) is 0 Å². The number of nitrogens with one attached hydrogen (secondary N) is 1. The summed E-state index contributed by atoms with van der Waals surface area (Å²) in [5, 5.41) is 24.1. The fourth-order valence-electron chi connectivity index (χ4n) is 4.78. The van der Waals surface area contributed by atoms with Crippen molar-refractivity contribution in [3.63, 3.8) is 0 Å². The molecule has 0 radical (unpaired) electrons. The molecule has 0 bridgehead atoms. The van der Waals surface area contributed by atoms with E-state index in [1.807, 2.05) is 43.5 Å². The molecule has 2 aromatic carbocycles. The first kappa shape index (κ1) is 25.3. The van der Waals surface area contributed by atoms with Crippen molar-refractivity contribution in [3.05, 3.63) is 58.1 Å². The van der Waals surface area contributed by atoms with Crippen molar-refractivity contribution in [3.8, 4) is 5.75 Å². The van der Waals surface area contributed by atoms with Crippen LogP contribution in [0.15, 0.2) is 41.3 Å². The Balaban J connectivity index is 1.29. The molecule has 34 heavy (non-hydrogen) atoms. The number of ether oxygens (including phenoxy) is 2. The second-order valence-electron chi connectivity index (χ2n) is 9.77. The molecule has 0 amide bonds. The molecule has 4 rings (SSSR count). The van der Waals surface area contributed by atoms with Gasteiger partial charge < -0.3 is 25.0 Å². The molecule has 184 valence electrons. The Kier molecular flexibility index (Phi) is 7.50. The molecule has 1 aliphatic heterocycles. The number of carbonyl (C=O) groups is 1. The van der Waals surface area contributed by atoms with Crippen molar-refractivity contribution in [2.24, 2.45) is 5.92 Å². The van der Waals surface area contributed by atoms with E-state index in [0.717, 1.165) is 38.8 Å². The van der Waals surface area contributed by atoms with Crippen LogP contribution in [0.5, 0.6) is 5.75 Å². The SMILES string of the molecule is CSc1ccc(CC(C)(C)NCC(O)CO[C@H](C)c2cccc3c2[C@@H]2[C@H](O3)[C@H]2C(=O)O)cc1Cl. The first-order valence-electron chi connectivity index (χ1n) is 11.5. The Morgan fingerprint density at radius 3 is 2.76 bits per heavy atom. The summed E-state index contributed by atoms with van der Waals surface area (Å²) in [5.41, 5.74) is 2.77. The van der Waals surface area contributed by atoms with Gasteiger partial charge in [-0.15, -0.1) is 11.8 Å². The normalized spacial score (nSPS) is 22.5. The van der Waals surface area contributed by atoms with Crippen molar-refractivity contribution in [2.45, 2.75) is 61.9 Å². The van der Waals surface area contributed by atoms with Gasteiger partial charge >= 0.3 is 5.97 Å². The number of hydrogen-bond acceptors (Lipinski definition) is 6. The predicted molar refractivity (Wildman–Crippen MR) is 134 cm³/mol. The van der Waals surface area contributed by atoms with Gasteiger partial charge in [0.25, 0.3) is 0 Å². The fraction of sp³-hybridized carbons (Fsp3) is 0.500. The van der Waals surface area contributed by atoms with E-state index in [-0.39, 0.29) is 30.3 Å². The van der Waals surface area contributed by atoms with E-state index in [0.29, 0.717) is 6.54 Å². The number of benzene rings is 2. The summed E-state index contributed by atoms with van der Waals surface area (Å²) in [6, 6.07) is 11.8. The Morgan fingerprint density at radius 1 is 1.32 bits per heavy atom. The predicted octanol–water partition coefficient (Wildman–Crippen LogP) is 4.67. The molecule has 2 aromatic rings. The summed E-state index contributed by atoms with van der Waals surface area (Å²) < 4.78 is 11.8. The Hall–Kier alpha value is -1.77. The summed E-state index contributed by atoms with van der Waals surface area (Å²) in [5.74, 6) is -0.670. The minimum atomic E-state index is -0.824.